The molecule has 0 bridgehead atoms. The highest BCUT2D eigenvalue weighted by molar-refractivity contribution is 5.46. The molecule has 1 saturated carbocycles. The Kier molecular flexibility index (Phi) is 3.88. The zero-order valence-electron chi connectivity index (χ0n) is 14.6. The fraction of sp³-hybridized carbons (Fsp3) is 0.684. The first-order chi connectivity index (χ1) is 10.4. The summed E-state index contributed by atoms with van der Waals surface area (Å²) in [6.07, 6.45) is 5.15. The van der Waals surface area contributed by atoms with Crippen LogP contribution in [0.1, 0.15) is 45.1 Å². The van der Waals surface area contributed by atoms with Crippen molar-refractivity contribution in [3.63, 3.8) is 0 Å². The summed E-state index contributed by atoms with van der Waals surface area (Å²) in [4.78, 5) is 2.58. The lowest BCUT2D eigenvalue weighted by atomic mass is 9.57. The van der Waals surface area contributed by atoms with Crippen molar-refractivity contribution in [2.45, 2.75) is 51.0 Å². The highest BCUT2D eigenvalue weighted by Crippen LogP contribution is 2.55. The summed E-state index contributed by atoms with van der Waals surface area (Å²) >= 11 is 0. The summed E-state index contributed by atoms with van der Waals surface area (Å²) in [5, 5.41) is 0. The molecule has 122 valence electrons. The van der Waals surface area contributed by atoms with E-state index >= 15 is 0 Å². The van der Waals surface area contributed by atoms with Gasteiger partial charge in [0.05, 0.1) is 14.2 Å². The van der Waals surface area contributed by atoms with Crippen molar-refractivity contribution in [1.29, 1.82) is 0 Å². The first-order valence-electron chi connectivity index (χ1n) is 8.37. The summed E-state index contributed by atoms with van der Waals surface area (Å²) in [7, 11) is 5.72. The fourth-order valence-corrected chi connectivity index (χ4v) is 5.26. The molecule has 0 radical (unpaired) electrons. The van der Waals surface area contributed by atoms with E-state index in [1.807, 2.05) is 0 Å². The van der Waals surface area contributed by atoms with E-state index in [1.165, 1.54) is 37.8 Å². The van der Waals surface area contributed by atoms with Gasteiger partial charge in [-0.3, -0.25) is 0 Å². The second kappa shape index (κ2) is 5.45. The van der Waals surface area contributed by atoms with Crippen LogP contribution in [0.15, 0.2) is 18.2 Å². The minimum absolute atomic E-state index is 0.260. The van der Waals surface area contributed by atoms with Crippen molar-refractivity contribution in [3.8, 4) is 11.5 Å². The molecular weight excluding hydrogens is 274 g/mol. The summed E-state index contributed by atoms with van der Waals surface area (Å²) in [5.41, 5.74) is 2.04. The molecule has 0 spiro atoms. The Morgan fingerprint density at radius 1 is 1.05 bits per heavy atom. The largest absolute Gasteiger partial charge is 0.493 e. The second-order valence-corrected chi connectivity index (χ2v) is 7.70. The third kappa shape index (κ3) is 2.21. The molecule has 0 amide bonds. The Balaban J connectivity index is 2.08. The van der Waals surface area contributed by atoms with E-state index in [4.69, 9.17) is 9.47 Å². The third-order valence-electron chi connectivity index (χ3n) is 6.02. The van der Waals surface area contributed by atoms with E-state index in [-0.39, 0.29) is 5.41 Å². The number of methoxy groups -OCH3 is 2. The Hall–Kier alpha value is -1.22. The molecule has 1 aromatic carbocycles. The van der Waals surface area contributed by atoms with Crippen LogP contribution < -0.4 is 9.47 Å². The zero-order chi connectivity index (χ0) is 16.0. The van der Waals surface area contributed by atoms with Crippen LogP contribution in [0.4, 0.5) is 0 Å². The monoisotopic (exact) mass is 303 g/mol. The van der Waals surface area contributed by atoms with Crippen LogP contribution in [0.2, 0.25) is 0 Å². The predicted molar refractivity (Wildman–Crippen MR) is 89.9 cm³/mol. The first kappa shape index (κ1) is 15.7. The fourth-order valence-electron chi connectivity index (χ4n) is 5.26. The molecule has 0 N–H and O–H groups in total. The zero-order valence-corrected chi connectivity index (χ0v) is 14.6. The number of likely N-dealkylation sites (tertiary alicyclic amines) is 1. The van der Waals surface area contributed by atoms with Crippen molar-refractivity contribution in [3.05, 3.63) is 23.8 Å². The molecule has 1 saturated heterocycles. The van der Waals surface area contributed by atoms with Gasteiger partial charge < -0.3 is 14.4 Å². The van der Waals surface area contributed by atoms with Gasteiger partial charge >= 0.3 is 0 Å². The number of ether oxygens (including phenoxy) is 2. The normalized spacial score (nSPS) is 30.9. The summed E-state index contributed by atoms with van der Waals surface area (Å²) < 4.78 is 11.0. The number of fused-ring (bicyclic) bond motifs is 1. The Morgan fingerprint density at radius 2 is 1.77 bits per heavy atom. The van der Waals surface area contributed by atoms with E-state index in [1.54, 1.807) is 14.2 Å². The van der Waals surface area contributed by atoms with Crippen LogP contribution >= 0.6 is 0 Å². The molecule has 1 aromatic rings. The standard InChI is InChI=1S/C19H29NO2/c1-18(2)9-6-10-19(11-12-20(3)17(18)19)14-7-8-15(21-4)16(13-14)22-5/h7-8,13,17H,6,9-12H2,1-5H3/t17-,19-/m0/s1. The quantitative estimate of drug-likeness (QED) is 0.846. The number of hydrogen-bond donors (Lipinski definition) is 0. The Labute approximate surface area is 134 Å². The van der Waals surface area contributed by atoms with Gasteiger partial charge in [0.1, 0.15) is 0 Å². The summed E-state index contributed by atoms with van der Waals surface area (Å²) in [6, 6.07) is 7.15. The molecule has 3 nitrogen and oxygen atoms in total. The van der Waals surface area contributed by atoms with Crippen molar-refractivity contribution in [2.24, 2.45) is 5.41 Å². The number of benzene rings is 1. The molecule has 0 aromatic heterocycles. The Bertz CT molecular complexity index is 550. The molecule has 1 aliphatic carbocycles. The summed E-state index contributed by atoms with van der Waals surface area (Å²) in [6.45, 7) is 6.06. The van der Waals surface area contributed by atoms with Gasteiger partial charge in [-0.15, -0.1) is 0 Å². The predicted octanol–water partition coefficient (Wildman–Crippen LogP) is 3.86. The van der Waals surface area contributed by atoms with Gasteiger partial charge in [-0.1, -0.05) is 26.3 Å². The van der Waals surface area contributed by atoms with Crippen molar-refractivity contribution < 1.29 is 9.47 Å². The SMILES string of the molecule is COc1ccc([C@@]23CCCC(C)(C)[C@@H]2N(C)CC3)cc1OC. The molecule has 0 unspecified atom stereocenters. The van der Waals surface area contributed by atoms with Crippen molar-refractivity contribution >= 4 is 0 Å². The average molecular weight is 303 g/mol. The lowest BCUT2D eigenvalue weighted by molar-refractivity contribution is 0.0514. The third-order valence-corrected chi connectivity index (χ3v) is 6.02. The van der Waals surface area contributed by atoms with Gasteiger partial charge in [-0.05, 0) is 56.0 Å². The van der Waals surface area contributed by atoms with Crippen LogP contribution in [0, 0.1) is 5.41 Å². The van der Waals surface area contributed by atoms with Gasteiger partial charge in [0.25, 0.3) is 0 Å². The van der Waals surface area contributed by atoms with E-state index in [2.05, 4.69) is 44.0 Å². The molecule has 1 aliphatic heterocycles. The maximum atomic E-state index is 5.55. The molecule has 3 heteroatoms. The second-order valence-electron chi connectivity index (χ2n) is 7.70. The number of hydrogen-bond acceptors (Lipinski definition) is 3. The summed E-state index contributed by atoms with van der Waals surface area (Å²) in [5.74, 6) is 1.67. The molecular formula is C19H29NO2. The van der Waals surface area contributed by atoms with E-state index in [0.29, 0.717) is 11.5 Å². The van der Waals surface area contributed by atoms with Gasteiger partial charge in [-0.25, -0.2) is 0 Å². The smallest absolute Gasteiger partial charge is 0.161 e. The minimum atomic E-state index is 0.260. The van der Waals surface area contributed by atoms with Gasteiger partial charge in [0.2, 0.25) is 0 Å². The van der Waals surface area contributed by atoms with E-state index in [0.717, 1.165) is 11.5 Å². The molecule has 3 rings (SSSR count). The average Bonchev–Trinajstić information content (AvgIpc) is 2.86. The minimum Gasteiger partial charge on any atom is -0.493 e. The van der Waals surface area contributed by atoms with E-state index in [9.17, 15) is 0 Å². The molecule has 1 heterocycles. The van der Waals surface area contributed by atoms with Crippen LogP contribution in [0.5, 0.6) is 11.5 Å². The molecule has 2 fully saturated rings. The molecule has 2 atom stereocenters. The van der Waals surface area contributed by atoms with Crippen LogP contribution in [-0.2, 0) is 5.41 Å². The van der Waals surface area contributed by atoms with Gasteiger partial charge in [-0.2, -0.15) is 0 Å². The van der Waals surface area contributed by atoms with E-state index < -0.39 is 0 Å². The lowest BCUT2D eigenvalue weighted by Crippen LogP contribution is -2.53. The number of rotatable bonds is 3. The highest BCUT2D eigenvalue weighted by atomic mass is 16.5. The number of likely N-dealkylation sites (N-methyl/N-ethyl adjacent to an activating group) is 1. The van der Waals surface area contributed by atoms with Crippen LogP contribution in [0.25, 0.3) is 0 Å². The van der Waals surface area contributed by atoms with Gasteiger partial charge in [0, 0.05) is 11.5 Å². The maximum Gasteiger partial charge on any atom is 0.161 e. The highest BCUT2D eigenvalue weighted by Gasteiger charge is 2.55. The van der Waals surface area contributed by atoms with Crippen LogP contribution in [-0.4, -0.2) is 38.8 Å². The Morgan fingerprint density at radius 3 is 2.45 bits per heavy atom. The van der Waals surface area contributed by atoms with Crippen LogP contribution in [0.3, 0.4) is 0 Å². The lowest BCUT2D eigenvalue weighted by Gasteiger charge is -2.51. The van der Waals surface area contributed by atoms with Crippen molar-refractivity contribution in [2.75, 3.05) is 27.8 Å². The maximum absolute atomic E-state index is 5.55. The molecule has 22 heavy (non-hydrogen) atoms. The topological polar surface area (TPSA) is 21.7 Å². The molecule has 2 aliphatic rings. The van der Waals surface area contributed by atoms with Crippen molar-refractivity contribution in [1.82, 2.24) is 4.90 Å². The van der Waals surface area contributed by atoms with Gasteiger partial charge in [0.15, 0.2) is 11.5 Å². The first-order valence-corrected chi connectivity index (χ1v) is 8.37. The number of nitrogens with zero attached hydrogens (tertiary/aromatic N) is 1.